The quantitative estimate of drug-likeness (QED) is 0.708. The van der Waals surface area contributed by atoms with Crippen LogP contribution in [0, 0.1) is 17.5 Å². The number of hydrogen-bond acceptors (Lipinski definition) is 1. The molecule has 1 radical (unpaired) electrons. The van der Waals surface area contributed by atoms with Crippen molar-refractivity contribution >= 4 is 6.29 Å². The Morgan fingerprint density at radius 1 is 1.15 bits per heavy atom. The largest absolute Gasteiger partial charge is 0.291 e. The van der Waals surface area contributed by atoms with Gasteiger partial charge in [0.15, 0.2) is 6.29 Å². The van der Waals surface area contributed by atoms with E-state index in [0.29, 0.717) is 12.1 Å². The van der Waals surface area contributed by atoms with Gasteiger partial charge in [-0.1, -0.05) is 0 Å². The molecule has 69 valence electrons. The van der Waals surface area contributed by atoms with E-state index in [1.165, 1.54) is 6.29 Å². The highest BCUT2D eigenvalue weighted by Gasteiger charge is 2.10. The van der Waals surface area contributed by atoms with Crippen LogP contribution < -0.4 is 0 Å². The molecule has 4 heteroatoms. The summed E-state index contributed by atoms with van der Waals surface area (Å²) in [5, 5.41) is 0. The molecule has 0 amide bonds. The minimum absolute atomic E-state index is 0.0958. The zero-order chi connectivity index (χ0) is 9.84. The maximum Gasteiger partial charge on any atom is 0.198 e. The van der Waals surface area contributed by atoms with Crippen molar-refractivity contribution in [1.82, 2.24) is 0 Å². The molecule has 0 aliphatic rings. The van der Waals surface area contributed by atoms with Crippen LogP contribution in [0.3, 0.4) is 0 Å². The number of hydrogen-bond donors (Lipinski definition) is 0. The summed E-state index contributed by atoms with van der Waals surface area (Å²) in [6.07, 6.45) is 1.31. The maximum absolute atomic E-state index is 12.8. The fourth-order valence-electron chi connectivity index (χ4n) is 0.987. The first kappa shape index (κ1) is 9.77. The Balaban J connectivity index is 2.98. The first-order valence-electron chi connectivity index (χ1n) is 3.63. The normalized spacial score (nSPS) is 10.1. The summed E-state index contributed by atoms with van der Waals surface area (Å²) >= 11 is 0. The summed E-state index contributed by atoms with van der Waals surface area (Å²) in [6, 6.07) is 1.17. The van der Waals surface area contributed by atoms with Crippen LogP contribution >= 0.6 is 0 Å². The molecule has 0 spiro atoms. The summed E-state index contributed by atoms with van der Waals surface area (Å²) in [4.78, 5) is 9.82. The van der Waals surface area contributed by atoms with Crippen LogP contribution in [0.2, 0.25) is 0 Å². The Morgan fingerprint density at radius 3 is 2.15 bits per heavy atom. The number of rotatable bonds is 3. The third-order valence-electron chi connectivity index (χ3n) is 1.58. The van der Waals surface area contributed by atoms with Crippen LogP contribution in [-0.2, 0) is 11.2 Å². The Kier molecular flexibility index (Phi) is 3.06. The third-order valence-corrected chi connectivity index (χ3v) is 1.58. The van der Waals surface area contributed by atoms with Gasteiger partial charge in [0.1, 0.15) is 17.5 Å². The fraction of sp³-hybridized carbons (Fsp3) is 0.222. The molecular formula is C9H6F3O. The minimum Gasteiger partial charge on any atom is -0.291 e. The van der Waals surface area contributed by atoms with Gasteiger partial charge in [-0.15, -0.1) is 0 Å². The van der Waals surface area contributed by atoms with Crippen molar-refractivity contribution in [1.29, 1.82) is 0 Å². The summed E-state index contributed by atoms with van der Waals surface area (Å²) in [6.45, 7) is 0. The van der Waals surface area contributed by atoms with Crippen LogP contribution in [-0.4, -0.2) is 6.29 Å². The molecule has 13 heavy (non-hydrogen) atoms. The van der Waals surface area contributed by atoms with E-state index in [1.54, 1.807) is 0 Å². The lowest BCUT2D eigenvalue weighted by atomic mass is 10.1. The fourth-order valence-corrected chi connectivity index (χ4v) is 0.987. The smallest absolute Gasteiger partial charge is 0.198 e. The van der Waals surface area contributed by atoms with E-state index in [9.17, 15) is 18.0 Å². The second-order valence-electron chi connectivity index (χ2n) is 2.49. The molecule has 0 N–H and O–H groups in total. The molecule has 1 rings (SSSR count). The van der Waals surface area contributed by atoms with E-state index in [1.807, 2.05) is 0 Å². The van der Waals surface area contributed by atoms with Crippen molar-refractivity contribution < 1.29 is 18.0 Å². The molecule has 0 saturated carbocycles. The van der Waals surface area contributed by atoms with Crippen molar-refractivity contribution in [2.45, 2.75) is 12.8 Å². The molecule has 0 fully saturated rings. The molecule has 0 saturated heterocycles. The van der Waals surface area contributed by atoms with Gasteiger partial charge in [0, 0.05) is 24.1 Å². The topological polar surface area (TPSA) is 17.1 Å². The second kappa shape index (κ2) is 4.07. The van der Waals surface area contributed by atoms with Crippen molar-refractivity contribution in [3.63, 3.8) is 0 Å². The zero-order valence-electron chi connectivity index (χ0n) is 6.61. The first-order chi connectivity index (χ1) is 6.15. The van der Waals surface area contributed by atoms with E-state index in [0.717, 1.165) is 0 Å². The van der Waals surface area contributed by atoms with Gasteiger partial charge >= 0.3 is 0 Å². The van der Waals surface area contributed by atoms with Gasteiger partial charge in [-0.05, 0) is 6.42 Å². The van der Waals surface area contributed by atoms with Crippen molar-refractivity contribution in [2.75, 3.05) is 0 Å². The van der Waals surface area contributed by atoms with E-state index in [2.05, 4.69) is 0 Å². The average Bonchev–Trinajstić information content (AvgIpc) is 2.02. The molecule has 0 atom stereocenters. The summed E-state index contributed by atoms with van der Waals surface area (Å²) in [5.74, 6) is -2.89. The Morgan fingerprint density at radius 2 is 1.69 bits per heavy atom. The van der Waals surface area contributed by atoms with E-state index in [4.69, 9.17) is 0 Å². The Labute approximate surface area is 73.2 Å². The predicted octanol–water partition coefficient (Wildman–Crippen LogP) is 2.15. The van der Waals surface area contributed by atoms with Gasteiger partial charge < -0.3 is 0 Å². The summed E-state index contributed by atoms with van der Waals surface area (Å²) in [5.41, 5.74) is -0.273. The summed E-state index contributed by atoms with van der Waals surface area (Å²) in [7, 11) is 0. The highest BCUT2D eigenvalue weighted by atomic mass is 19.1. The molecule has 0 unspecified atom stereocenters. The Hall–Kier alpha value is -1.32. The van der Waals surface area contributed by atoms with Gasteiger partial charge in [0.05, 0.1) is 0 Å². The van der Waals surface area contributed by atoms with E-state index >= 15 is 0 Å². The van der Waals surface area contributed by atoms with Gasteiger partial charge in [0.2, 0.25) is 0 Å². The van der Waals surface area contributed by atoms with Gasteiger partial charge in [-0.25, -0.2) is 13.2 Å². The van der Waals surface area contributed by atoms with Gasteiger partial charge in [-0.2, -0.15) is 0 Å². The molecule has 0 aliphatic heterocycles. The molecule has 0 bridgehead atoms. The SMILES string of the molecule is O=[C]CCc1c(F)cc(F)cc1F. The van der Waals surface area contributed by atoms with Crippen LogP contribution in [0.4, 0.5) is 13.2 Å². The number of carbonyl (C=O) groups excluding carboxylic acids is 1. The van der Waals surface area contributed by atoms with Crippen LogP contribution in [0.25, 0.3) is 0 Å². The van der Waals surface area contributed by atoms with Crippen LogP contribution in [0.5, 0.6) is 0 Å². The predicted molar refractivity (Wildman–Crippen MR) is 40.3 cm³/mol. The molecule has 0 heterocycles. The molecule has 0 aromatic heterocycles. The average molecular weight is 187 g/mol. The minimum atomic E-state index is -0.965. The van der Waals surface area contributed by atoms with Crippen LogP contribution in [0.1, 0.15) is 12.0 Å². The zero-order valence-corrected chi connectivity index (χ0v) is 6.61. The lowest BCUT2D eigenvalue weighted by Gasteiger charge is -2.01. The van der Waals surface area contributed by atoms with Crippen LogP contribution in [0.15, 0.2) is 12.1 Å². The number of benzene rings is 1. The van der Waals surface area contributed by atoms with Crippen molar-refractivity contribution in [2.24, 2.45) is 0 Å². The second-order valence-corrected chi connectivity index (χ2v) is 2.49. The molecular weight excluding hydrogens is 181 g/mol. The first-order valence-corrected chi connectivity index (χ1v) is 3.63. The maximum atomic E-state index is 12.8. The molecule has 1 aromatic carbocycles. The van der Waals surface area contributed by atoms with Gasteiger partial charge in [0.25, 0.3) is 0 Å². The number of halogens is 3. The molecule has 1 aromatic rings. The van der Waals surface area contributed by atoms with Crippen molar-refractivity contribution in [3.8, 4) is 0 Å². The van der Waals surface area contributed by atoms with E-state index < -0.39 is 17.5 Å². The monoisotopic (exact) mass is 187 g/mol. The third kappa shape index (κ3) is 2.31. The van der Waals surface area contributed by atoms with Crippen molar-refractivity contribution in [3.05, 3.63) is 35.1 Å². The Bertz CT molecular complexity index is 300. The molecule has 1 nitrogen and oxygen atoms in total. The van der Waals surface area contributed by atoms with Gasteiger partial charge in [-0.3, -0.25) is 4.79 Å². The highest BCUT2D eigenvalue weighted by molar-refractivity contribution is 5.51. The summed E-state index contributed by atoms with van der Waals surface area (Å²) < 4.78 is 38.0. The molecule has 0 aliphatic carbocycles. The lowest BCUT2D eigenvalue weighted by Crippen LogP contribution is -1.97. The lowest BCUT2D eigenvalue weighted by molar-refractivity contribution is 0.520. The van der Waals surface area contributed by atoms with E-state index in [-0.39, 0.29) is 18.4 Å². The highest BCUT2D eigenvalue weighted by Crippen LogP contribution is 2.15. The standard InChI is InChI=1S/C9H6F3O/c10-6-4-8(11)7(2-1-3-13)9(12)5-6/h4-5H,1-2H2.